The van der Waals surface area contributed by atoms with E-state index in [2.05, 4.69) is 21.0 Å². The number of aromatic nitrogens is 2. The van der Waals surface area contributed by atoms with Crippen LogP contribution >= 0.6 is 0 Å². The number of hydrogen-bond donors (Lipinski definition) is 3. The zero-order valence-corrected chi connectivity index (χ0v) is 19.6. The summed E-state index contributed by atoms with van der Waals surface area (Å²) in [6.07, 6.45) is 1.32. The minimum absolute atomic E-state index is 0.0855. The number of carbonyl (C=O) groups is 2. The molecule has 9 nitrogen and oxygen atoms in total. The Balaban J connectivity index is 1.46. The summed E-state index contributed by atoms with van der Waals surface area (Å²) in [5.74, 6) is -0.0855. The number of anilines is 1. The van der Waals surface area contributed by atoms with E-state index in [1.54, 1.807) is 43.3 Å². The summed E-state index contributed by atoms with van der Waals surface area (Å²) in [5.41, 5.74) is 3.15. The standard InChI is InChI=1S/C26H29N5O4/c1-2-35-26(34)29-22-5-3-4-18(16-22)17-31-24(32)11-10-23(30-31)19-6-8-20(9-7-19)25(33)28-21-12-14-27-15-13-21/h3-11,16,21,27H,2,12-15,17H2,1H3,(H,28,33)(H,29,34). The van der Waals surface area contributed by atoms with Gasteiger partial charge >= 0.3 is 6.09 Å². The molecular weight excluding hydrogens is 446 g/mol. The van der Waals surface area contributed by atoms with Gasteiger partial charge in [0.05, 0.1) is 18.8 Å². The molecule has 0 saturated carbocycles. The zero-order valence-electron chi connectivity index (χ0n) is 19.6. The molecule has 1 fully saturated rings. The van der Waals surface area contributed by atoms with Crippen LogP contribution in [0.1, 0.15) is 35.7 Å². The normalized spacial score (nSPS) is 13.7. The molecule has 0 atom stereocenters. The molecule has 1 aliphatic rings. The van der Waals surface area contributed by atoms with Crippen molar-refractivity contribution in [2.24, 2.45) is 0 Å². The van der Waals surface area contributed by atoms with E-state index >= 15 is 0 Å². The number of nitrogens with one attached hydrogen (secondary N) is 3. The highest BCUT2D eigenvalue weighted by molar-refractivity contribution is 5.94. The number of piperidine rings is 1. The molecule has 1 aromatic heterocycles. The first-order valence-electron chi connectivity index (χ1n) is 11.7. The van der Waals surface area contributed by atoms with Gasteiger partial charge in [-0.15, -0.1) is 0 Å². The Morgan fingerprint density at radius 3 is 2.60 bits per heavy atom. The van der Waals surface area contributed by atoms with Crippen molar-refractivity contribution in [1.29, 1.82) is 0 Å². The summed E-state index contributed by atoms with van der Waals surface area (Å²) < 4.78 is 6.28. The molecule has 0 spiro atoms. The maximum atomic E-state index is 12.6. The highest BCUT2D eigenvalue weighted by Crippen LogP contribution is 2.18. The minimum Gasteiger partial charge on any atom is -0.450 e. The molecule has 182 valence electrons. The van der Waals surface area contributed by atoms with Gasteiger partial charge in [-0.25, -0.2) is 9.48 Å². The average molecular weight is 476 g/mol. The molecular formula is C26H29N5O4. The van der Waals surface area contributed by atoms with Gasteiger partial charge in [0.1, 0.15) is 0 Å². The number of hydrogen-bond acceptors (Lipinski definition) is 6. The smallest absolute Gasteiger partial charge is 0.411 e. The molecule has 1 aliphatic heterocycles. The monoisotopic (exact) mass is 475 g/mol. The maximum Gasteiger partial charge on any atom is 0.411 e. The van der Waals surface area contributed by atoms with Gasteiger partial charge in [0.15, 0.2) is 0 Å². The Labute approximate surface area is 203 Å². The van der Waals surface area contributed by atoms with Crippen molar-refractivity contribution in [1.82, 2.24) is 20.4 Å². The third kappa shape index (κ3) is 6.54. The predicted molar refractivity (Wildman–Crippen MR) is 133 cm³/mol. The fourth-order valence-electron chi connectivity index (χ4n) is 3.95. The van der Waals surface area contributed by atoms with Gasteiger partial charge in [0, 0.05) is 28.9 Å². The van der Waals surface area contributed by atoms with Crippen LogP contribution in [0.5, 0.6) is 0 Å². The molecule has 0 radical (unpaired) electrons. The van der Waals surface area contributed by atoms with Crippen molar-refractivity contribution in [3.05, 3.63) is 82.1 Å². The lowest BCUT2D eigenvalue weighted by atomic mass is 10.0. The van der Waals surface area contributed by atoms with Gasteiger partial charge in [-0.1, -0.05) is 24.3 Å². The summed E-state index contributed by atoms with van der Waals surface area (Å²) in [5, 5.41) is 13.5. The number of nitrogens with zero attached hydrogens (tertiary/aromatic N) is 2. The zero-order chi connectivity index (χ0) is 24.6. The van der Waals surface area contributed by atoms with Crippen LogP contribution in [0, 0.1) is 0 Å². The second-order valence-corrected chi connectivity index (χ2v) is 8.34. The number of amides is 2. The molecule has 0 aliphatic carbocycles. The van der Waals surface area contributed by atoms with Crippen LogP contribution in [0.25, 0.3) is 11.3 Å². The topological polar surface area (TPSA) is 114 Å². The second-order valence-electron chi connectivity index (χ2n) is 8.34. The highest BCUT2D eigenvalue weighted by atomic mass is 16.5. The fraction of sp³-hybridized carbons (Fsp3) is 0.308. The molecule has 0 unspecified atom stereocenters. The first-order valence-corrected chi connectivity index (χ1v) is 11.7. The Bertz CT molecular complexity index is 1230. The van der Waals surface area contributed by atoms with Crippen molar-refractivity contribution >= 4 is 17.7 Å². The van der Waals surface area contributed by atoms with Crippen LogP contribution in [-0.2, 0) is 11.3 Å². The SMILES string of the molecule is CCOC(=O)Nc1cccc(Cn2nc(-c3ccc(C(=O)NC4CCNCC4)cc3)ccc2=O)c1. The summed E-state index contributed by atoms with van der Waals surface area (Å²) in [4.78, 5) is 36.7. The number of benzene rings is 2. The Hall–Kier alpha value is -3.98. The van der Waals surface area contributed by atoms with Crippen LogP contribution in [0.15, 0.2) is 65.5 Å². The van der Waals surface area contributed by atoms with E-state index in [1.807, 2.05) is 18.2 Å². The van der Waals surface area contributed by atoms with Gasteiger partial charge in [-0.2, -0.15) is 5.10 Å². The van der Waals surface area contributed by atoms with Crippen molar-refractivity contribution in [3.8, 4) is 11.3 Å². The van der Waals surface area contributed by atoms with Crippen LogP contribution in [0.4, 0.5) is 10.5 Å². The third-order valence-electron chi connectivity index (χ3n) is 5.77. The molecule has 4 rings (SSSR count). The molecule has 3 N–H and O–H groups in total. The van der Waals surface area contributed by atoms with Crippen LogP contribution in [-0.4, -0.2) is 47.5 Å². The van der Waals surface area contributed by atoms with Crippen molar-refractivity contribution in [3.63, 3.8) is 0 Å². The van der Waals surface area contributed by atoms with Gasteiger partial charge in [-0.05, 0) is 68.8 Å². The molecule has 2 heterocycles. The highest BCUT2D eigenvalue weighted by Gasteiger charge is 2.16. The molecule has 1 saturated heterocycles. The van der Waals surface area contributed by atoms with Crippen molar-refractivity contribution < 1.29 is 14.3 Å². The van der Waals surface area contributed by atoms with E-state index in [9.17, 15) is 14.4 Å². The van der Waals surface area contributed by atoms with E-state index in [4.69, 9.17) is 4.74 Å². The first kappa shape index (κ1) is 24.2. The number of rotatable bonds is 7. The number of carbonyl (C=O) groups excluding carboxylic acids is 2. The largest absolute Gasteiger partial charge is 0.450 e. The summed E-state index contributed by atoms with van der Waals surface area (Å²) >= 11 is 0. The van der Waals surface area contributed by atoms with E-state index in [-0.39, 0.29) is 30.7 Å². The molecule has 9 heteroatoms. The Kier molecular flexibility index (Phi) is 7.89. The van der Waals surface area contributed by atoms with Gasteiger partial charge in [-0.3, -0.25) is 14.9 Å². The van der Waals surface area contributed by atoms with E-state index in [0.717, 1.165) is 37.1 Å². The summed E-state index contributed by atoms with van der Waals surface area (Å²) in [6, 6.07) is 17.7. The van der Waals surface area contributed by atoms with E-state index < -0.39 is 6.09 Å². The van der Waals surface area contributed by atoms with Gasteiger partial charge < -0.3 is 15.4 Å². The quantitative estimate of drug-likeness (QED) is 0.484. The van der Waals surface area contributed by atoms with Crippen LogP contribution in [0.2, 0.25) is 0 Å². The third-order valence-corrected chi connectivity index (χ3v) is 5.77. The van der Waals surface area contributed by atoms with E-state index in [0.29, 0.717) is 16.9 Å². The second kappa shape index (κ2) is 11.4. The molecule has 3 aromatic rings. The number of ether oxygens (including phenoxy) is 1. The maximum absolute atomic E-state index is 12.6. The Morgan fingerprint density at radius 1 is 1.09 bits per heavy atom. The molecule has 35 heavy (non-hydrogen) atoms. The van der Waals surface area contributed by atoms with Gasteiger partial charge in [0.2, 0.25) is 0 Å². The lowest BCUT2D eigenvalue weighted by Gasteiger charge is -2.23. The van der Waals surface area contributed by atoms with Crippen molar-refractivity contribution in [2.75, 3.05) is 25.0 Å². The average Bonchev–Trinajstić information content (AvgIpc) is 2.86. The fourth-order valence-corrected chi connectivity index (χ4v) is 3.95. The van der Waals surface area contributed by atoms with Crippen LogP contribution in [0.3, 0.4) is 0 Å². The van der Waals surface area contributed by atoms with E-state index in [1.165, 1.54) is 10.7 Å². The van der Waals surface area contributed by atoms with Gasteiger partial charge in [0.25, 0.3) is 11.5 Å². The lowest BCUT2D eigenvalue weighted by molar-refractivity contribution is 0.0929. The Morgan fingerprint density at radius 2 is 1.86 bits per heavy atom. The molecule has 0 bridgehead atoms. The minimum atomic E-state index is -0.533. The predicted octanol–water partition coefficient (Wildman–Crippen LogP) is 3.01. The van der Waals surface area contributed by atoms with Crippen molar-refractivity contribution in [2.45, 2.75) is 32.4 Å². The molecule has 2 amide bonds. The summed E-state index contributed by atoms with van der Waals surface area (Å²) in [6.45, 7) is 4.08. The van der Waals surface area contributed by atoms with Crippen LogP contribution < -0.4 is 21.5 Å². The first-order chi connectivity index (χ1) is 17.0. The summed E-state index contributed by atoms with van der Waals surface area (Å²) in [7, 11) is 0. The molecule has 2 aromatic carbocycles. The lowest BCUT2D eigenvalue weighted by Crippen LogP contribution is -2.42.